The Morgan fingerprint density at radius 3 is 2.45 bits per heavy atom. The molecule has 0 saturated carbocycles. The van der Waals surface area contributed by atoms with E-state index in [-0.39, 0.29) is 23.3 Å². The number of likely N-dealkylation sites (tertiary alicyclic amines) is 1. The Morgan fingerprint density at radius 1 is 1.02 bits per heavy atom. The number of amides is 1. The lowest BCUT2D eigenvalue weighted by Gasteiger charge is -2.33. The van der Waals surface area contributed by atoms with Crippen LogP contribution >= 0.6 is 0 Å². The maximum Gasteiger partial charge on any atom is 0.241 e. The summed E-state index contributed by atoms with van der Waals surface area (Å²) in [6, 6.07) is 17.1. The number of aromatic nitrogens is 2. The number of hydrogen-bond donors (Lipinski definition) is 1. The molecule has 0 aliphatic carbocycles. The summed E-state index contributed by atoms with van der Waals surface area (Å²) in [6.45, 7) is 15.4. The van der Waals surface area contributed by atoms with Gasteiger partial charge in [0.25, 0.3) is 0 Å². The second kappa shape index (κ2) is 12.1. The third-order valence-corrected chi connectivity index (χ3v) is 8.49. The minimum absolute atomic E-state index is 0.0274. The Hall–Kier alpha value is -3.19. The molecule has 0 radical (unpaired) electrons. The minimum atomic E-state index is -0.0438. The van der Waals surface area contributed by atoms with Gasteiger partial charge >= 0.3 is 0 Å². The first-order valence-corrected chi connectivity index (χ1v) is 15.0. The molecule has 2 saturated heterocycles. The van der Waals surface area contributed by atoms with Gasteiger partial charge in [0.1, 0.15) is 0 Å². The van der Waals surface area contributed by atoms with Gasteiger partial charge in [0, 0.05) is 30.9 Å². The van der Waals surface area contributed by atoms with Gasteiger partial charge in [-0.2, -0.15) is 4.98 Å². The van der Waals surface area contributed by atoms with Gasteiger partial charge in [-0.15, -0.1) is 0 Å². The average Bonchev–Trinajstić information content (AvgIpc) is 3.41. The minimum Gasteiger partial charge on any atom is -0.371 e. The van der Waals surface area contributed by atoms with E-state index >= 15 is 0 Å². The van der Waals surface area contributed by atoms with Gasteiger partial charge in [-0.25, -0.2) is 0 Å². The fourth-order valence-electron chi connectivity index (χ4n) is 5.97. The summed E-state index contributed by atoms with van der Waals surface area (Å²) in [5.41, 5.74) is 4.75. The zero-order valence-corrected chi connectivity index (χ0v) is 24.8. The first-order valence-electron chi connectivity index (χ1n) is 15.0. The van der Waals surface area contributed by atoms with Crippen LogP contribution in [0.1, 0.15) is 83.4 Å². The van der Waals surface area contributed by atoms with Gasteiger partial charge in [0.2, 0.25) is 17.6 Å². The molecule has 7 nitrogen and oxygen atoms in total. The van der Waals surface area contributed by atoms with Gasteiger partial charge in [0.05, 0.1) is 18.5 Å². The van der Waals surface area contributed by atoms with Crippen molar-refractivity contribution in [3.63, 3.8) is 0 Å². The van der Waals surface area contributed by atoms with Crippen LogP contribution in [0.5, 0.6) is 0 Å². The standard InChI is InChI=1S/C33H45N5O2/c1-23-8-6-19-38(20-23)29-16-12-25(13-17-29)24(2)34-32(39)27-9-7-18-37(21-27)22-30-35-31(36-40-30)26-10-14-28(15-11-26)33(3,4)5/h10-17,23-24,27H,6-9,18-22H2,1-5H3,(H,34,39). The molecule has 2 fully saturated rings. The number of hydrogen-bond acceptors (Lipinski definition) is 6. The first-order chi connectivity index (χ1) is 19.2. The highest BCUT2D eigenvalue weighted by atomic mass is 16.5. The van der Waals surface area contributed by atoms with Crippen molar-refractivity contribution in [2.75, 3.05) is 31.1 Å². The number of nitrogens with zero attached hydrogens (tertiary/aromatic N) is 4. The summed E-state index contributed by atoms with van der Waals surface area (Å²) < 4.78 is 5.59. The van der Waals surface area contributed by atoms with E-state index in [4.69, 9.17) is 4.52 Å². The highest BCUT2D eigenvalue weighted by molar-refractivity contribution is 5.79. The number of anilines is 1. The van der Waals surface area contributed by atoms with Crippen molar-refractivity contribution in [2.45, 2.75) is 78.3 Å². The molecule has 3 unspecified atom stereocenters. The highest BCUT2D eigenvalue weighted by Gasteiger charge is 2.28. The van der Waals surface area contributed by atoms with Crippen molar-refractivity contribution in [1.29, 1.82) is 0 Å². The van der Waals surface area contributed by atoms with Crippen LogP contribution in [0.2, 0.25) is 0 Å². The van der Waals surface area contributed by atoms with E-state index in [0.717, 1.165) is 49.5 Å². The van der Waals surface area contributed by atoms with E-state index in [1.807, 2.05) is 0 Å². The van der Waals surface area contributed by atoms with Crippen LogP contribution < -0.4 is 10.2 Å². The molecule has 3 aromatic rings. The van der Waals surface area contributed by atoms with E-state index in [2.05, 4.69) is 108 Å². The van der Waals surface area contributed by atoms with Gasteiger partial charge in [-0.3, -0.25) is 9.69 Å². The predicted molar refractivity (Wildman–Crippen MR) is 160 cm³/mol. The number of carbonyl (C=O) groups excluding carboxylic acids is 1. The molecule has 214 valence electrons. The van der Waals surface area contributed by atoms with E-state index in [1.165, 1.54) is 24.1 Å². The van der Waals surface area contributed by atoms with Crippen molar-refractivity contribution < 1.29 is 9.32 Å². The molecule has 5 rings (SSSR count). The second-order valence-electron chi connectivity index (χ2n) is 12.9. The van der Waals surface area contributed by atoms with Gasteiger partial charge < -0.3 is 14.7 Å². The molecule has 2 aliphatic heterocycles. The normalized spacial score (nSPS) is 21.3. The van der Waals surface area contributed by atoms with E-state index in [9.17, 15) is 4.79 Å². The molecular weight excluding hydrogens is 498 g/mol. The fraction of sp³-hybridized carbons (Fsp3) is 0.545. The van der Waals surface area contributed by atoms with Crippen LogP contribution in [0.4, 0.5) is 5.69 Å². The van der Waals surface area contributed by atoms with Crippen molar-refractivity contribution in [2.24, 2.45) is 11.8 Å². The highest BCUT2D eigenvalue weighted by Crippen LogP contribution is 2.27. The summed E-state index contributed by atoms with van der Waals surface area (Å²) in [7, 11) is 0. The number of piperidine rings is 2. The number of rotatable bonds is 7. The van der Waals surface area contributed by atoms with Crippen molar-refractivity contribution in [1.82, 2.24) is 20.4 Å². The first kappa shape index (κ1) is 28.3. The Labute approximate surface area is 239 Å². The molecular formula is C33H45N5O2. The van der Waals surface area contributed by atoms with Crippen LogP contribution in [0.15, 0.2) is 53.1 Å². The molecule has 0 bridgehead atoms. The Morgan fingerprint density at radius 2 is 1.75 bits per heavy atom. The zero-order valence-electron chi connectivity index (χ0n) is 24.8. The largest absolute Gasteiger partial charge is 0.371 e. The maximum absolute atomic E-state index is 13.2. The van der Waals surface area contributed by atoms with Crippen LogP contribution in [-0.2, 0) is 16.8 Å². The molecule has 2 aliphatic rings. The maximum atomic E-state index is 13.2. The SMILES string of the molecule is CC1CCCN(c2ccc(C(C)NC(=O)C3CCCN(Cc4nc(-c5ccc(C(C)(C)C)cc5)no4)C3)cc2)C1. The van der Waals surface area contributed by atoms with E-state index < -0.39 is 0 Å². The monoisotopic (exact) mass is 543 g/mol. The molecule has 3 atom stereocenters. The summed E-state index contributed by atoms with van der Waals surface area (Å²) in [4.78, 5) is 22.6. The average molecular weight is 544 g/mol. The van der Waals surface area contributed by atoms with Crippen LogP contribution in [0, 0.1) is 11.8 Å². The topological polar surface area (TPSA) is 74.5 Å². The zero-order chi connectivity index (χ0) is 28.3. The second-order valence-corrected chi connectivity index (χ2v) is 12.9. The third-order valence-electron chi connectivity index (χ3n) is 8.49. The van der Waals surface area contributed by atoms with Crippen LogP contribution in [0.25, 0.3) is 11.4 Å². The molecule has 1 amide bonds. The van der Waals surface area contributed by atoms with Crippen LogP contribution in [-0.4, -0.2) is 47.1 Å². The van der Waals surface area contributed by atoms with E-state index in [1.54, 1.807) is 0 Å². The molecule has 1 N–H and O–H groups in total. The summed E-state index contributed by atoms with van der Waals surface area (Å²) in [5.74, 6) is 2.02. The number of benzene rings is 2. The summed E-state index contributed by atoms with van der Waals surface area (Å²) in [5, 5.41) is 7.48. The Balaban J connectivity index is 1.13. The molecule has 40 heavy (non-hydrogen) atoms. The lowest BCUT2D eigenvalue weighted by atomic mass is 9.87. The Bertz CT molecular complexity index is 1260. The van der Waals surface area contributed by atoms with Crippen molar-refractivity contribution >= 4 is 11.6 Å². The number of nitrogens with one attached hydrogen (secondary N) is 1. The molecule has 1 aromatic heterocycles. The molecule has 2 aromatic carbocycles. The smallest absolute Gasteiger partial charge is 0.241 e. The number of carbonyl (C=O) groups is 1. The van der Waals surface area contributed by atoms with Gasteiger partial charge in [-0.1, -0.05) is 69.2 Å². The molecule has 0 spiro atoms. The fourth-order valence-corrected chi connectivity index (χ4v) is 5.97. The van der Waals surface area contributed by atoms with Crippen molar-refractivity contribution in [3.8, 4) is 11.4 Å². The predicted octanol–water partition coefficient (Wildman–Crippen LogP) is 6.36. The molecule has 7 heteroatoms. The summed E-state index contributed by atoms with van der Waals surface area (Å²) >= 11 is 0. The summed E-state index contributed by atoms with van der Waals surface area (Å²) in [6.07, 6.45) is 4.45. The van der Waals surface area contributed by atoms with Crippen molar-refractivity contribution in [3.05, 3.63) is 65.5 Å². The Kier molecular flexibility index (Phi) is 8.60. The lowest BCUT2D eigenvalue weighted by Crippen LogP contribution is -2.43. The molecule has 3 heterocycles. The van der Waals surface area contributed by atoms with Gasteiger partial charge in [0.15, 0.2) is 0 Å². The lowest BCUT2D eigenvalue weighted by molar-refractivity contribution is -0.127. The quantitative estimate of drug-likeness (QED) is 0.374. The van der Waals surface area contributed by atoms with Crippen LogP contribution in [0.3, 0.4) is 0 Å². The van der Waals surface area contributed by atoms with Gasteiger partial charge in [-0.05, 0) is 73.7 Å². The van der Waals surface area contributed by atoms with E-state index in [0.29, 0.717) is 24.8 Å². The third kappa shape index (κ3) is 6.92.